The molecule has 2 heterocycles. The second kappa shape index (κ2) is 8.90. The van der Waals surface area contributed by atoms with Crippen molar-refractivity contribution in [3.05, 3.63) is 42.0 Å². The van der Waals surface area contributed by atoms with Gasteiger partial charge in [0.1, 0.15) is 0 Å². The van der Waals surface area contributed by atoms with Gasteiger partial charge in [-0.2, -0.15) is 0 Å². The Balaban J connectivity index is 1.39. The van der Waals surface area contributed by atoms with Crippen molar-refractivity contribution in [3.63, 3.8) is 0 Å². The third-order valence-electron chi connectivity index (χ3n) is 6.70. The third kappa shape index (κ3) is 4.35. The summed E-state index contributed by atoms with van der Waals surface area (Å²) in [6.07, 6.45) is 3.40. The molecule has 0 bridgehead atoms. The lowest BCUT2D eigenvalue weighted by molar-refractivity contribution is -0.141. The van der Waals surface area contributed by atoms with Crippen molar-refractivity contribution < 1.29 is 19.1 Å². The first-order chi connectivity index (χ1) is 15.6. The van der Waals surface area contributed by atoms with Crippen molar-refractivity contribution in [1.29, 1.82) is 0 Å². The molecule has 0 aromatic heterocycles. The number of hydrogen-bond donors (Lipinski definition) is 1. The molecule has 0 radical (unpaired) electrons. The number of anilines is 1. The lowest BCUT2D eigenvalue weighted by atomic mass is 9.95. The van der Waals surface area contributed by atoms with E-state index in [1.165, 1.54) is 0 Å². The quantitative estimate of drug-likeness (QED) is 0.801. The molecule has 32 heavy (non-hydrogen) atoms. The molecule has 1 N–H and O–H groups in total. The molecule has 2 aromatic carbocycles. The van der Waals surface area contributed by atoms with Crippen molar-refractivity contribution in [1.82, 2.24) is 9.80 Å². The van der Waals surface area contributed by atoms with Crippen LogP contribution >= 0.6 is 0 Å². The van der Waals surface area contributed by atoms with Crippen LogP contribution in [0.15, 0.2) is 36.4 Å². The largest absolute Gasteiger partial charge is 0.378 e. The van der Waals surface area contributed by atoms with Crippen molar-refractivity contribution in [2.75, 3.05) is 44.7 Å². The van der Waals surface area contributed by atoms with Gasteiger partial charge in [-0.1, -0.05) is 24.3 Å². The molecule has 3 amide bonds. The lowest BCUT2D eigenvalue weighted by Gasteiger charge is -2.36. The van der Waals surface area contributed by atoms with E-state index in [0.717, 1.165) is 36.5 Å². The number of nitrogens with zero attached hydrogens (tertiary/aromatic N) is 2. The summed E-state index contributed by atoms with van der Waals surface area (Å²) in [6, 6.07) is 11.6. The molecular formula is C25H29N3O4. The summed E-state index contributed by atoms with van der Waals surface area (Å²) in [4.78, 5) is 42.7. The van der Waals surface area contributed by atoms with Crippen molar-refractivity contribution in [2.45, 2.75) is 25.7 Å². The molecule has 1 unspecified atom stereocenters. The van der Waals surface area contributed by atoms with E-state index in [1.54, 1.807) is 4.90 Å². The Morgan fingerprint density at radius 3 is 2.31 bits per heavy atom. The smallest absolute Gasteiger partial charge is 0.256 e. The van der Waals surface area contributed by atoms with Gasteiger partial charge in [0.25, 0.3) is 5.91 Å². The van der Waals surface area contributed by atoms with Gasteiger partial charge in [-0.25, -0.2) is 0 Å². The zero-order valence-electron chi connectivity index (χ0n) is 18.2. The summed E-state index contributed by atoms with van der Waals surface area (Å²) in [6.45, 7) is 3.41. The Morgan fingerprint density at radius 1 is 0.875 bits per heavy atom. The van der Waals surface area contributed by atoms with E-state index >= 15 is 0 Å². The highest BCUT2D eigenvalue weighted by Crippen LogP contribution is 2.33. The molecule has 0 spiro atoms. The molecule has 3 fully saturated rings. The van der Waals surface area contributed by atoms with Crippen LogP contribution in [-0.2, 0) is 14.3 Å². The van der Waals surface area contributed by atoms with Crippen LogP contribution in [0.1, 0.15) is 36.0 Å². The number of likely N-dealkylation sites (tertiary alicyclic amines) is 1. The van der Waals surface area contributed by atoms with Crippen molar-refractivity contribution in [3.8, 4) is 0 Å². The van der Waals surface area contributed by atoms with Gasteiger partial charge in [-0.05, 0) is 48.6 Å². The number of benzene rings is 2. The van der Waals surface area contributed by atoms with Gasteiger partial charge in [-0.3, -0.25) is 14.4 Å². The van der Waals surface area contributed by atoms with Crippen LogP contribution in [0.3, 0.4) is 0 Å². The number of ether oxygens (including phenoxy) is 1. The van der Waals surface area contributed by atoms with Gasteiger partial charge in [0.2, 0.25) is 11.8 Å². The fourth-order valence-electron chi connectivity index (χ4n) is 4.68. The molecule has 7 heteroatoms. The average molecular weight is 436 g/mol. The molecule has 1 atom stereocenters. The van der Waals surface area contributed by atoms with Crippen molar-refractivity contribution >= 4 is 34.2 Å². The van der Waals surface area contributed by atoms with Crippen LogP contribution in [0.4, 0.5) is 5.69 Å². The molecular weight excluding hydrogens is 406 g/mol. The molecule has 1 aliphatic carbocycles. The lowest BCUT2D eigenvalue weighted by Crippen LogP contribution is -2.49. The fourth-order valence-corrected chi connectivity index (χ4v) is 4.68. The highest BCUT2D eigenvalue weighted by atomic mass is 16.5. The zero-order chi connectivity index (χ0) is 22.1. The molecule has 2 saturated heterocycles. The minimum Gasteiger partial charge on any atom is -0.378 e. The van der Waals surface area contributed by atoms with Crippen LogP contribution in [0.25, 0.3) is 10.8 Å². The van der Waals surface area contributed by atoms with E-state index < -0.39 is 0 Å². The van der Waals surface area contributed by atoms with Gasteiger partial charge in [0.05, 0.1) is 30.4 Å². The van der Waals surface area contributed by atoms with E-state index in [9.17, 15) is 14.4 Å². The zero-order valence-corrected chi connectivity index (χ0v) is 18.2. The first-order valence-corrected chi connectivity index (χ1v) is 11.6. The number of fused-ring (bicyclic) bond motifs is 1. The molecule has 2 aromatic rings. The van der Waals surface area contributed by atoms with Crippen LogP contribution in [-0.4, -0.2) is 66.9 Å². The SMILES string of the molecule is O=C(Nc1cc2ccccc2cc1C(=O)N1CCCC(C(=O)N2CCOCC2)C1)C1CC1. The summed E-state index contributed by atoms with van der Waals surface area (Å²) < 4.78 is 5.36. The van der Waals surface area contributed by atoms with E-state index in [4.69, 9.17) is 4.74 Å². The number of carbonyl (C=O) groups excluding carboxylic acids is 3. The third-order valence-corrected chi connectivity index (χ3v) is 6.70. The Kier molecular flexibility index (Phi) is 5.83. The number of carbonyl (C=O) groups is 3. The molecule has 5 rings (SSSR count). The maximum Gasteiger partial charge on any atom is 0.256 e. The normalized spacial score (nSPS) is 21.4. The second-order valence-electron chi connectivity index (χ2n) is 9.04. The average Bonchev–Trinajstić information content (AvgIpc) is 3.69. The maximum absolute atomic E-state index is 13.6. The number of nitrogens with one attached hydrogen (secondary N) is 1. The highest BCUT2D eigenvalue weighted by molar-refractivity contribution is 6.08. The van der Waals surface area contributed by atoms with E-state index in [0.29, 0.717) is 50.6 Å². The minimum atomic E-state index is -0.184. The van der Waals surface area contributed by atoms with E-state index in [1.807, 2.05) is 41.3 Å². The van der Waals surface area contributed by atoms with Crippen LogP contribution in [0, 0.1) is 11.8 Å². The second-order valence-corrected chi connectivity index (χ2v) is 9.04. The van der Waals surface area contributed by atoms with Crippen molar-refractivity contribution in [2.24, 2.45) is 11.8 Å². The number of amides is 3. The summed E-state index contributed by atoms with van der Waals surface area (Å²) in [5.41, 5.74) is 1.06. The molecule has 1 saturated carbocycles. The molecule has 168 valence electrons. The highest BCUT2D eigenvalue weighted by Gasteiger charge is 2.34. The Bertz CT molecular complexity index is 1040. The van der Waals surface area contributed by atoms with Gasteiger partial charge in [0.15, 0.2) is 0 Å². The summed E-state index contributed by atoms with van der Waals surface area (Å²) in [7, 11) is 0. The van der Waals surface area contributed by atoms with Crippen LogP contribution in [0.2, 0.25) is 0 Å². The number of piperidine rings is 1. The fraction of sp³-hybridized carbons (Fsp3) is 0.480. The van der Waals surface area contributed by atoms with E-state index in [2.05, 4.69) is 5.32 Å². The van der Waals surface area contributed by atoms with Gasteiger partial charge < -0.3 is 19.9 Å². The first-order valence-electron chi connectivity index (χ1n) is 11.6. The van der Waals surface area contributed by atoms with Gasteiger partial charge in [0, 0.05) is 32.1 Å². The van der Waals surface area contributed by atoms with Gasteiger partial charge >= 0.3 is 0 Å². The minimum absolute atomic E-state index is 0.0200. The Labute approximate surface area is 187 Å². The Morgan fingerprint density at radius 2 is 1.59 bits per heavy atom. The monoisotopic (exact) mass is 435 g/mol. The topological polar surface area (TPSA) is 79.0 Å². The summed E-state index contributed by atoms with van der Waals surface area (Å²) in [5.74, 6) is -0.160. The molecule has 7 nitrogen and oxygen atoms in total. The number of morpholine rings is 1. The summed E-state index contributed by atoms with van der Waals surface area (Å²) >= 11 is 0. The summed E-state index contributed by atoms with van der Waals surface area (Å²) in [5, 5.41) is 4.93. The van der Waals surface area contributed by atoms with Crippen LogP contribution < -0.4 is 5.32 Å². The maximum atomic E-state index is 13.6. The first kappa shape index (κ1) is 20.9. The van der Waals surface area contributed by atoms with Crippen LogP contribution in [0.5, 0.6) is 0 Å². The van der Waals surface area contributed by atoms with Gasteiger partial charge in [-0.15, -0.1) is 0 Å². The molecule has 3 aliphatic rings. The molecule has 2 aliphatic heterocycles. The predicted octanol–water partition coefficient (Wildman–Crippen LogP) is 2.90. The van der Waals surface area contributed by atoms with E-state index in [-0.39, 0.29) is 29.6 Å². The standard InChI is InChI=1S/C25H29N3O4/c29-23(17-7-8-17)26-22-15-19-5-2-1-4-18(19)14-21(22)25(31)28-9-3-6-20(16-28)24(30)27-10-12-32-13-11-27/h1-2,4-5,14-15,17,20H,3,6-13,16H2,(H,26,29). The number of rotatable bonds is 4. The predicted molar refractivity (Wildman–Crippen MR) is 121 cm³/mol. The Hall–Kier alpha value is -2.93. The number of hydrogen-bond acceptors (Lipinski definition) is 4.